The second-order valence-corrected chi connectivity index (χ2v) is 8.88. The highest BCUT2D eigenvalue weighted by Crippen LogP contribution is 2.29. The monoisotopic (exact) mass is 440 g/mol. The first-order valence-electron chi connectivity index (χ1n) is 11.1. The molecule has 172 valence electrons. The number of rotatable bonds is 6. The number of aromatic nitrogens is 3. The van der Waals surface area contributed by atoms with Gasteiger partial charge in [-0.2, -0.15) is 0 Å². The maximum atomic E-state index is 12.6. The van der Waals surface area contributed by atoms with Crippen LogP contribution in [0.25, 0.3) is 11.6 Å². The van der Waals surface area contributed by atoms with Crippen LogP contribution in [0.3, 0.4) is 0 Å². The Bertz CT molecular complexity index is 951. The van der Waals surface area contributed by atoms with Gasteiger partial charge < -0.3 is 14.0 Å². The molecule has 0 aliphatic heterocycles. The summed E-state index contributed by atoms with van der Waals surface area (Å²) in [5.41, 5.74) is 1.04. The summed E-state index contributed by atoms with van der Waals surface area (Å²) >= 11 is 0. The van der Waals surface area contributed by atoms with Crippen molar-refractivity contribution in [3.05, 3.63) is 42.1 Å². The van der Waals surface area contributed by atoms with Gasteiger partial charge in [0.25, 0.3) is 0 Å². The molecule has 1 aliphatic carbocycles. The maximum Gasteiger partial charge on any atom is 0.413 e. The molecule has 1 amide bonds. The van der Waals surface area contributed by atoms with Gasteiger partial charge in [0.2, 0.25) is 0 Å². The Morgan fingerprint density at radius 1 is 1.19 bits per heavy atom. The molecule has 3 rings (SSSR count). The van der Waals surface area contributed by atoms with Crippen molar-refractivity contribution in [2.75, 3.05) is 11.9 Å². The first-order valence-corrected chi connectivity index (χ1v) is 11.1. The van der Waals surface area contributed by atoms with Gasteiger partial charge in [-0.25, -0.2) is 19.6 Å². The summed E-state index contributed by atoms with van der Waals surface area (Å²) in [7, 11) is 0. The number of carbonyl (C=O) groups is 2. The average molecular weight is 441 g/mol. The zero-order valence-electron chi connectivity index (χ0n) is 19.3. The molecule has 0 bridgehead atoms. The number of amides is 1. The van der Waals surface area contributed by atoms with Gasteiger partial charge in [-0.1, -0.05) is 19.3 Å². The lowest BCUT2D eigenvalue weighted by molar-refractivity contribution is -0.136. The number of imidazole rings is 1. The van der Waals surface area contributed by atoms with Crippen LogP contribution in [0.2, 0.25) is 0 Å². The molecule has 1 aliphatic rings. The molecule has 32 heavy (non-hydrogen) atoms. The van der Waals surface area contributed by atoms with E-state index in [1.807, 2.05) is 6.20 Å². The third-order valence-electron chi connectivity index (χ3n) is 5.10. The summed E-state index contributed by atoms with van der Waals surface area (Å²) in [6.45, 7) is 7.42. The van der Waals surface area contributed by atoms with E-state index >= 15 is 0 Å². The largest absolute Gasteiger partial charge is 0.462 e. The van der Waals surface area contributed by atoms with Crippen molar-refractivity contribution < 1.29 is 19.1 Å². The molecule has 0 unspecified atom stereocenters. The summed E-state index contributed by atoms with van der Waals surface area (Å²) in [4.78, 5) is 33.3. The third kappa shape index (κ3) is 6.67. The number of carbonyl (C=O) groups excluding carboxylic acids is 2. The highest BCUT2D eigenvalue weighted by Gasteiger charge is 2.20. The Morgan fingerprint density at radius 2 is 1.94 bits per heavy atom. The van der Waals surface area contributed by atoms with Crippen LogP contribution in [-0.4, -0.2) is 38.8 Å². The fraction of sp³-hybridized carbons (Fsp3) is 0.500. The molecule has 8 heteroatoms. The molecule has 0 spiro atoms. The number of nitrogens with zero attached hydrogens (tertiary/aromatic N) is 3. The Hall–Kier alpha value is -3.16. The number of ether oxygens (including phenoxy) is 2. The van der Waals surface area contributed by atoms with Gasteiger partial charge in [0, 0.05) is 18.4 Å². The van der Waals surface area contributed by atoms with E-state index in [4.69, 9.17) is 9.47 Å². The minimum Gasteiger partial charge on any atom is -0.462 e. The highest BCUT2D eigenvalue weighted by molar-refractivity contribution is 6.20. The lowest BCUT2D eigenvalue weighted by atomic mass is 9.95. The SMILES string of the molecule is CCOC(=O)C(=Cc1ccc(NC(=O)OC(C)(C)C)nc1)c1cn(C2CCCCC2)cn1. The Morgan fingerprint density at radius 3 is 2.56 bits per heavy atom. The molecule has 8 nitrogen and oxygen atoms in total. The molecule has 1 fully saturated rings. The third-order valence-corrected chi connectivity index (χ3v) is 5.10. The van der Waals surface area contributed by atoms with Crippen molar-refractivity contribution >= 4 is 29.5 Å². The van der Waals surface area contributed by atoms with E-state index in [9.17, 15) is 9.59 Å². The molecule has 1 N–H and O–H groups in total. The van der Waals surface area contributed by atoms with E-state index in [0.29, 0.717) is 28.7 Å². The van der Waals surface area contributed by atoms with Crippen molar-refractivity contribution in [1.82, 2.24) is 14.5 Å². The van der Waals surface area contributed by atoms with E-state index in [0.717, 1.165) is 12.8 Å². The van der Waals surface area contributed by atoms with Crippen LogP contribution < -0.4 is 5.32 Å². The Labute approximate surface area is 189 Å². The van der Waals surface area contributed by atoms with Crippen LogP contribution in [-0.2, 0) is 14.3 Å². The minimum absolute atomic E-state index is 0.274. The topological polar surface area (TPSA) is 95.3 Å². The lowest BCUT2D eigenvalue weighted by Crippen LogP contribution is -2.27. The predicted octanol–water partition coefficient (Wildman–Crippen LogP) is 5.23. The molecular weight excluding hydrogens is 408 g/mol. The number of anilines is 1. The highest BCUT2D eigenvalue weighted by atomic mass is 16.6. The van der Waals surface area contributed by atoms with Crippen molar-refractivity contribution in [2.24, 2.45) is 0 Å². The van der Waals surface area contributed by atoms with Crippen molar-refractivity contribution in [1.29, 1.82) is 0 Å². The standard InChI is InChI=1S/C24H32N4O4/c1-5-31-22(29)19(20-15-28(16-26-20)18-9-7-6-8-10-18)13-17-11-12-21(25-14-17)27-23(30)32-24(2,3)4/h11-16,18H,5-10H2,1-4H3,(H,25,27,30). The van der Waals surface area contributed by atoms with Gasteiger partial charge in [0.1, 0.15) is 11.4 Å². The summed E-state index contributed by atoms with van der Waals surface area (Å²) in [6.07, 6.45) is 12.4. The van der Waals surface area contributed by atoms with Gasteiger partial charge in [-0.15, -0.1) is 0 Å². The van der Waals surface area contributed by atoms with Crippen LogP contribution in [0, 0.1) is 0 Å². The van der Waals surface area contributed by atoms with E-state index in [2.05, 4.69) is 19.9 Å². The number of hydrogen-bond acceptors (Lipinski definition) is 6. The molecule has 0 saturated heterocycles. The van der Waals surface area contributed by atoms with Crippen LogP contribution in [0.5, 0.6) is 0 Å². The number of hydrogen-bond donors (Lipinski definition) is 1. The normalized spacial score (nSPS) is 15.3. The molecule has 0 atom stereocenters. The maximum absolute atomic E-state index is 12.6. The lowest BCUT2D eigenvalue weighted by Gasteiger charge is -2.22. The number of nitrogens with one attached hydrogen (secondary N) is 1. The molecule has 1 saturated carbocycles. The summed E-state index contributed by atoms with van der Waals surface area (Å²) in [5.74, 6) is -0.0759. The molecule has 2 heterocycles. The zero-order chi connectivity index (χ0) is 23.1. The molecule has 2 aromatic heterocycles. The van der Waals surface area contributed by atoms with Crippen LogP contribution in [0.15, 0.2) is 30.9 Å². The fourth-order valence-corrected chi connectivity index (χ4v) is 3.64. The quantitative estimate of drug-likeness (QED) is 0.488. The number of pyridine rings is 1. The first kappa shape index (κ1) is 23.5. The molecule has 0 radical (unpaired) electrons. The van der Waals surface area contributed by atoms with Gasteiger partial charge >= 0.3 is 12.1 Å². The van der Waals surface area contributed by atoms with Gasteiger partial charge in [-0.05, 0) is 64.3 Å². The van der Waals surface area contributed by atoms with Crippen LogP contribution >= 0.6 is 0 Å². The van der Waals surface area contributed by atoms with Gasteiger partial charge in [0.15, 0.2) is 0 Å². The van der Waals surface area contributed by atoms with Crippen LogP contribution in [0.4, 0.5) is 10.6 Å². The Balaban J connectivity index is 1.78. The second kappa shape index (κ2) is 10.4. The van der Waals surface area contributed by atoms with E-state index in [-0.39, 0.29) is 6.61 Å². The van der Waals surface area contributed by atoms with Gasteiger partial charge in [0.05, 0.1) is 24.2 Å². The summed E-state index contributed by atoms with van der Waals surface area (Å²) < 4.78 is 12.6. The minimum atomic E-state index is -0.595. The Kier molecular flexibility index (Phi) is 7.66. The van der Waals surface area contributed by atoms with E-state index in [1.54, 1.807) is 58.4 Å². The fourth-order valence-electron chi connectivity index (χ4n) is 3.64. The van der Waals surface area contributed by atoms with Crippen LogP contribution in [0.1, 0.15) is 77.1 Å². The van der Waals surface area contributed by atoms with Crippen molar-refractivity contribution in [3.8, 4) is 0 Å². The summed E-state index contributed by atoms with van der Waals surface area (Å²) in [6, 6.07) is 3.84. The molecule has 2 aromatic rings. The molecule has 0 aromatic carbocycles. The first-order chi connectivity index (χ1) is 15.2. The predicted molar refractivity (Wildman–Crippen MR) is 123 cm³/mol. The molecular formula is C24H32N4O4. The zero-order valence-corrected chi connectivity index (χ0v) is 19.3. The smallest absolute Gasteiger partial charge is 0.413 e. The summed E-state index contributed by atoms with van der Waals surface area (Å²) in [5, 5.41) is 2.59. The van der Waals surface area contributed by atoms with E-state index < -0.39 is 17.7 Å². The van der Waals surface area contributed by atoms with Crippen molar-refractivity contribution in [2.45, 2.75) is 71.4 Å². The number of esters is 1. The van der Waals surface area contributed by atoms with Crippen molar-refractivity contribution in [3.63, 3.8) is 0 Å². The average Bonchev–Trinajstić information content (AvgIpc) is 3.22. The van der Waals surface area contributed by atoms with E-state index in [1.165, 1.54) is 19.3 Å². The second-order valence-electron chi connectivity index (χ2n) is 8.88. The van der Waals surface area contributed by atoms with Gasteiger partial charge in [-0.3, -0.25) is 5.32 Å².